The van der Waals surface area contributed by atoms with E-state index in [1.54, 1.807) is 26.2 Å². The molecule has 0 fully saturated rings. The Morgan fingerprint density at radius 1 is 1.26 bits per heavy atom. The van der Waals surface area contributed by atoms with Crippen molar-refractivity contribution in [2.75, 3.05) is 40.5 Å². The fourth-order valence-electron chi connectivity index (χ4n) is 2.07. The van der Waals surface area contributed by atoms with Crippen molar-refractivity contribution in [2.24, 2.45) is 0 Å². The van der Waals surface area contributed by atoms with Gasteiger partial charge in [-0.2, -0.15) is 0 Å². The minimum Gasteiger partial charge on any atom is -0.497 e. The first kappa shape index (κ1) is 19.4. The lowest BCUT2D eigenvalue weighted by atomic mass is 10.2. The van der Waals surface area contributed by atoms with Crippen molar-refractivity contribution in [1.29, 1.82) is 0 Å². The molecule has 1 rings (SSSR count). The first-order valence-electron chi connectivity index (χ1n) is 7.20. The molecule has 0 aromatic heterocycles. The van der Waals surface area contributed by atoms with Gasteiger partial charge in [-0.05, 0) is 30.7 Å². The summed E-state index contributed by atoms with van der Waals surface area (Å²) in [4.78, 5) is 13.2. The van der Waals surface area contributed by atoms with Crippen LogP contribution in [-0.2, 0) is 19.6 Å². The van der Waals surface area contributed by atoms with Gasteiger partial charge in [0, 0.05) is 33.7 Å². The fraction of sp³-hybridized carbons (Fsp3) is 0.533. The molecule has 1 N–H and O–H groups in total. The number of benzene rings is 1. The molecule has 1 amide bonds. The molecule has 7 nitrogen and oxygen atoms in total. The minimum absolute atomic E-state index is 0.123. The van der Waals surface area contributed by atoms with Gasteiger partial charge in [-0.25, -0.2) is 13.1 Å². The number of sulfonamides is 1. The van der Waals surface area contributed by atoms with Crippen molar-refractivity contribution < 1.29 is 22.7 Å². The van der Waals surface area contributed by atoms with Crippen LogP contribution in [0.25, 0.3) is 0 Å². The van der Waals surface area contributed by atoms with Gasteiger partial charge in [0.05, 0.1) is 18.6 Å². The van der Waals surface area contributed by atoms with Gasteiger partial charge in [-0.1, -0.05) is 0 Å². The third-order valence-electron chi connectivity index (χ3n) is 3.36. The number of nitrogens with one attached hydrogen (secondary N) is 1. The van der Waals surface area contributed by atoms with Crippen LogP contribution in [0.15, 0.2) is 23.1 Å². The summed E-state index contributed by atoms with van der Waals surface area (Å²) in [6.07, 6.45) is 0. The van der Waals surface area contributed by atoms with Crippen molar-refractivity contribution in [1.82, 2.24) is 9.62 Å². The Labute approximate surface area is 137 Å². The Morgan fingerprint density at radius 2 is 1.96 bits per heavy atom. The van der Waals surface area contributed by atoms with Gasteiger partial charge < -0.3 is 14.4 Å². The fourth-order valence-corrected chi connectivity index (χ4v) is 3.32. The van der Waals surface area contributed by atoms with Crippen molar-refractivity contribution in [3.8, 4) is 5.75 Å². The quantitative estimate of drug-likeness (QED) is 0.715. The van der Waals surface area contributed by atoms with E-state index in [2.05, 4.69) is 4.72 Å². The summed E-state index contributed by atoms with van der Waals surface area (Å²) in [6, 6.07) is 4.77. The number of methoxy groups -OCH3 is 2. The highest BCUT2D eigenvalue weighted by Crippen LogP contribution is 2.20. The Morgan fingerprint density at radius 3 is 2.48 bits per heavy atom. The molecule has 0 saturated carbocycles. The van der Waals surface area contributed by atoms with E-state index in [0.29, 0.717) is 24.5 Å². The number of nitrogens with zero attached hydrogens (tertiary/aromatic N) is 1. The molecule has 0 heterocycles. The van der Waals surface area contributed by atoms with Crippen LogP contribution >= 0.6 is 0 Å². The summed E-state index contributed by atoms with van der Waals surface area (Å²) < 4.78 is 37.2. The maximum Gasteiger partial charge on any atom is 0.240 e. The molecule has 0 aliphatic rings. The van der Waals surface area contributed by atoms with Crippen molar-refractivity contribution in [3.63, 3.8) is 0 Å². The monoisotopic (exact) mass is 344 g/mol. The maximum absolute atomic E-state index is 12.3. The second kappa shape index (κ2) is 8.85. The van der Waals surface area contributed by atoms with Crippen LogP contribution in [-0.4, -0.2) is 59.7 Å². The molecule has 0 spiro atoms. The zero-order valence-electron chi connectivity index (χ0n) is 14.0. The van der Waals surface area contributed by atoms with E-state index in [9.17, 15) is 13.2 Å². The molecule has 0 atom stereocenters. The maximum atomic E-state index is 12.3. The molecule has 0 saturated heterocycles. The van der Waals surface area contributed by atoms with Gasteiger partial charge in [-0.3, -0.25) is 4.79 Å². The lowest BCUT2D eigenvalue weighted by molar-refractivity contribution is -0.129. The second-order valence-corrected chi connectivity index (χ2v) is 6.76. The summed E-state index contributed by atoms with van der Waals surface area (Å²) >= 11 is 0. The van der Waals surface area contributed by atoms with Gasteiger partial charge in [0.1, 0.15) is 5.75 Å². The van der Waals surface area contributed by atoms with Gasteiger partial charge >= 0.3 is 0 Å². The molecule has 0 radical (unpaired) electrons. The topological polar surface area (TPSA) is 84.9 Å². The minimum atomic E-state index is -3.63. The molecule has 23 heavy (non-hydrogen) atoms. The SMILES string of the molecule is COCCN(CCNS(=O)(=O)c1ccc(OC)cc1C)C(C)=O. The second-order valence-electron chi connectivity index (χ2n) is 5.03. The van der Waals surface area contributed by atoms with Crippen LogP contribution in [0.3, 0.4) is 0 Å². The number of rotatable bonds is 9. The zero-order valence-corrected chi connectivity index (χ0v) is 14.8. The standard InChI is InChI=1S/C15H24N2O5S/c1-12-11-14(22-4)5-6-15(12)23(19,20)16-7-8-17(13(2)18)9-10-21-3/h5-6,11,16H,7-10H2,1-4H3. The predicted octanol–water partition coefficient (Wildman–Crippen LogP) is 0.777. The Bertz CT molecular complexity index is 631. The first-order chi connectivity index (χ1) is 10.8. The smallest absolute Gasteiger partial charge is 0.240 e. The third-order valence-corrected chi connectivity index (χ3v) is 4.98. The molecule has 0 aliphatic carbocycles. The number of aryl methyl sites for hydroxylation is 1. The number of carbonyl (C=O) groups is 1. The molecule has 0 unspecified atom stereocenters. The summed E-state index contributed by atoms with van der Waals surface area (Å²) in [7, 11) is -0.558. The Hall–Kier alpha value is -1.64. The van der Waals surface area contributed by atoms with Crippen molar-refractivity contribution >= 4 is 15.9 Å². The molecular formula is C15H24N2O5S. The molecular weight excluding hydrogens is 320 g/mol. The number of carbonyl (C=O) groups excluding carboxylic acids is 1. The molecule has 1 aromatic rings. The van der Waals surface area contributed by atoms with Crippen molar-refractivity contribution in [2.45, 2.75) is 18.7 Å². The molecule has 0 aliphatic heterocycles. The summed E-state index contributed by atoms with van der Waals surface area (Å²) in [5, 5.41) is 0. The normalized spacial score (nSPS) is 11.3. The largest absolute Gasteiger partial charge is 0.497 e. The van der Waals surface area contributed by atoms with Crippen LogP contribution in [0, 0.1) is 6.92 Å². The first-order valence-corrected chi connectivity index (χ1v) is 8.69. The van der Waals surface area contributed by atoms with E-state index < -0.39 is 10.0 Å². The molecule has 8 heteroatoms. The van der Waals surface area contributed by atoms with Crippen LogP contribution in [0.5, 0.6) is 5.75 Å². The van der Waals surface area contributed by atoms with E-state index in [4.69, 9.17) is 9.47 Å². The average molecular weight is 344 g/mol. The third kappa shape index (κ3) is 5.81. The Balaban J connectivity index is 2.70. The Kier molecular flexibility index (Phi) is 7.47. The van der Waals surface area contributed by atoms with Gasteiger partial charge in [-0.15, -0.1) is 0 Å². The van der Waals surface area contributed by atoms with Gasteiger partial charge in [0.2, 0.25) is 15.9 Å². The number of hydrogen-bond acceptors (Lipinski definition) is 5. The van der Waals surface area contributed by atoms with Crippen LogP contribution in [0.1, 0.15) is 12.5 Å². The number of hydrogen-bond donors (Lipinski definition) is 1. The summed E-state index contributed by atoms with van der Waals surface area (Å²) in [6.45, 7) is 4.40. The molecule has 1 aromatic carbocycles. The zero-order chi connectivity index (χ0) is 17.5. The van der Waals surface area contributed by atoms with E-state index in [1.165, 1.54) is 25.0 Å². The predicted molar refractivity (Wildman–Crippen MR) is 87.0 cm³/mol. The lowest BCUT2D eigenvalue weighted by Gasteiger charge is -2.21. The van der Waals surface area contributed by atoms with E-state index in [-0.39, 0.29) is 23.9 Å². The van der Waals surface area contributed by atoms with Crippen LogP contribution < -0.4 is 9.46 Å². The number of ether oxygens (including phenoxy) is 2. The van der Waals surface area contributed by atoms with Gasteiger partial charge in [0.15, 0.2) is 0 Å². The highest BCUT2D eigenvalue weighted by molar-refractivity contribution is 7.89. The van der Waals surface area contributed by atoms with Crippen LogP contribution in [0.4, 0.5) is 0 Å². The molecule has 0 bridgehead atoms. The highest BCUT2D eigenvalue weighted by atomic mass is 32.2. The van der Waals surface area contributed by atoms with E-state index >= 15 is 0 Å². The van der Waals surface area contributed by atoms with Crippen molar-refractivity contribution in [3.05, 3.63) is 23.8 Å². The average Bonchev–Trinajstić information content (AvgIpc) is 2.49. The lowest BCUT2D eigenvalue weighted by Crippen LogP contribution is -2.39. The van der Waals surface area contributed by atoms with Gasteiger partial charge in [0.25, 0.3) is 0 Å². The highest BCUT2D eigenvalue weighted by Gasteiger charge is 2.17. The number of amides is 1. The van der Waals surface area contributed by atoms with E-state index in [1.807, 2.05) is 0 Å². The summed E-state index contributed by atoms with van der Waals surface area (Å²) in [5.74, 6) is 0.477. The van der Waals surface area contributed by atoms with Crippen LogP contribution in [0.2, 0.25) is 0 Å². The summed E-state index contributed by atoms with van der Waals surface area (Å²) in [5.41, 5.74) is 0.597. The van der Waals surface area contributed by atoms with E-state index in [0.717, 1.165) is 0 Å². The molecule has 130 valence electrons.